The average Bonchev–Trinajstić information content (AvgIpc) is 3.09. The van der Waals surface area contributed by atoms with E-state index < -0.39 is 114 Å². The summed E-state index contributed by atoms with van der Waals surface area (Å²) in [5.41, 5.74) is 1.51. The van der Waals surface area contributed by atoms with Crippen molar-refractivity contribution >= 4 is 44.2 Å². The summed E-state index contributed by atoms with van der Waals surface area (Å²) in [5, 5.41) is -15.8. The lowest BCUT2D eigenvalue weighted by Gasteiger charge is -2.42. The Labute approximate surface area is 375 Å². The van der Waals surface area contributed by atoms with Gasteiger partial charge in [0.05, 0.1) is 6.08 Å². The van der Waals surface area contributed by atoms with Gasteiger partial charge in [-0.2, -0.15) is 158 Å². The molecule has 6 nitrogen and oxygen atoms in total. The van der Waals surface area contributed by atoms with Crippen molar-refractivity contribution in [1.29, 1.82) is 0 Å². The van der Waals surface area contributed by atoms with Crippen LogP contribution in [0.15, 0.2) is 29.9 Å². The van der Waals surface area contributed by atoms with E-state index in [-0.39, 0.29) is 29.4 Å². The van der Waals surface area contributed by atoms with Crippen LogP contribution in [0.2, 0.25) is 0 Å². The Kier molecular flexibility index (Phi) is 19.4. The summed E-state index contributed by atoms with van der Waals surface area (Å²) < 4.78 is 487. The molecule has 0 spiro atoms. The standard InChI is InChI=1S/C10H13.2C8HF17O3S.HI/c1-10(2,3)9-7-5-4-6-8-9;2*9-1(10,3(13,14)5(17,18)7(21,22)23)2(11,12)4(15,16)6(19,20)8(24,25)29(26,27)28;/h4-7H,1-3H3;2*(H,26,27,28);1H/q+1;;;/p-1. The quantitative estimate of drug-likeness (QED) is 0.0803. The molecule has 69 heavy (non-hydrogen) atoms. The molecule has 1 rings (SSSR count). The van der Waals surface area contributed by atoms with E-state index in [9.17, 15) is 171 Å². The van der Waals surface area contributed by atoms with E-state index in [1.807, 2.05) is 12.2 Å². The molecule has 0 bridgehead atoms. The van der Waals surface area contributed by atoms with Gasteiger partial charge in [-0.15, -0.1) is 24.0 Å². The lowest BCUT2D eigenvalue weighted by molar-refractivity contribution is -0.458. The first-order valence-corrected chi connectivity index (χ1v) is 17.8. The summed E-state index contributed by atoms with van der Waals surface area (Å²) in [4.78, 5) is 0. The van der Waals surface area contributed by atoms with Gasteiger partial charge in [-0.25, -0.2) is 8.42 Å². The van der Waals surface area contributed by atoms with Gasteiger partial charge in [0.2, 0.25) is 0 Å². The van der Waals surface area contributed by atoms with E-state index in [4.69, 9.17) is 4.55 Å². The van der Waals surface area contributed by atoms with Crippen LogP contribution < -0.4 is 0 Å². The van der Waals surface area contributed by atoms with Crippen LogP contribution in [0.25, 0.3) is 0 Å². The van der Waals surface area contributed by atoms with Gasteiger partial charge in [-0.1, -0.05) is 20.8 Å². The maximum absolute atomic E-state index is 13.0. The Morgan fingerprint density at radius 1 is 0.391 bits per heavy atom. The molecule has 0 atom stereocenters. The molecule has 0 aromatic carbocycles. The van der Waals surface area contributed by atoms with Crippen LogP contribution in [0.3, 0.4) is 0 Å². The Hall–Kier alpha value is -2.70. The van der Waals surface area contributed by atoms with E-state index in [2.05, 4.69) is 39.0 Å². The van der Waals surface area contributed by atoms with E-state index >= 15 is 0 Å². The summed E-state index contributed by atoms with van der Waals surface area (Å²) in [5.74, 6) is -104. The summed E-state index contributed by atoms with van der Waals surface area (Å²) in [6.45, 7) is 6.58. The molecule has 1 aliphatic rings. The van der Waals surface area contributed by atoms with Crippen LogP contribution in [0.1, 0.15) is 20.8 Å². The maximum Gasteiger partial charge on any atom is 0.460 e. The van der Waals surface area contributed by atoms with Crippen LogP contribution in [0.5, 0.6) is 0 Å². The number of allylic oxidation sites excluding steroid dienone is 6. The fraction of sp³-hybridized carbons (Fsp3) is 0.769. The molecule has 1 aliphatic carbocycles. The van der Waals surface area contributed by atoms with Gasteiger partial charge in [0.25, 0.3) is 0 Å². The number of rotatable bonds is 14. The second-order valence-corrected chi connectivity index (χ2v) is 16.3. The van der Waals surface area contributed by atoms with E-state index in [1.54, 1.807) is 0 Å². The van der Waals surface area contributed by atoms with Gasteiger partial charge in [0.1, 0.15) is 11.6 Å². The van der Waals surface area contributed by atoms with Gasteiger partial charge in [0.15, 0.2) is 10.1 Å². The fourth-order valence-electron chi connectivity index (χ4n) is 3.48. The van der Waals surface area contributed by atoms with Crippen molar-refractivity contribution in [3.05, 3.63) is 36.0 Å². The number of halogens is 35. The van der Waals surface area contributed by atoms with Crippen molar-refractivity contribution in [1.82, 2.24) is 0 Å². The van der Waals surface area contributed by atoms with Gasteiger partial charge in [0, 0.05) is 23.6 Å². The molecule has 0 radical (unpaired) electrons. The van der Waals surface area contributed by atoms with Crippen LogP contribution in [-0.2, 0) is 20.2 Å². The van der Waals surface area contributed by atoms with Crippen molar-refractivity contribution in [2.24, 2.45) is 5.41 Å². The minimum atomic E-state index is -8.92. The Morgan fingerprint density at radius 2 is 0.609 bits per heavy atom. The number of alkyl halides is 34. The zero-order valence-electron chi connectivity index (χ0n) is 31.4. The third-order valence-electron chi connectivity index (χ3n) is 7.54. The van der Waals surface area contributed by atoms with Gasteiger partial charge < -0.3 is 4.55 Å². The van der Waals surface area contributed by atoms with Crippen LogP contribution in [-0.4, -0.2) is 120 Å². The van der Waals surface area contributed by atoms with E-state index in [1.165, 1.54) is 5.57 Å². The first kappa shape index (κ1) is 70.6. The first-order chi connectivity index (χ1) is 28.6. The van der Waals surface area contributed by atoms with Crippen LogP contribution >= 0.6 is 24.0 Å². The van der Waals surface area contributed by atoms with Gasteiger partial charge >= 0.3 is 104 Å². The molecule has 0 aromatic rings. The predicted molar refractivity (Wildman–Crippen MR) is 163 cm³/mol. The Balaban J connectivity index is -0.00000104. The summed E-state index contributed by atoms with van der Waals surface area (Å²) >= 11 is 0. The number of hydrogen-bond donors (Lipinski definition) is 1. The highest BCUT2D eigenvalue weighted by Crippen LogP contribution is 2.66. The third-order valence-corrected chi connectivity index (χ3v) is 9.33. The molecule has 0 aliphatic heterocycles. The molecule has 1 N–H and O–H groups in total. The maximum atomic E-state index is 13.0. The number of hydrogen-bond acceptors (Lipinski definition) is 5. The summed E-state index contributed by atoms with van der Waals surface area (Å²) in [6, 6.07) is 0. The van der Waals surface area contributed by atoms with Crippen LogP contribution in [0.4, 0.5) is 149 Å². The van der Waals surface area contributed by atoms with Gasteiger partial charge in [-0.3, -0.25) is 4.55 Å². The summed E-state index contributed by atoms with van der Waals surface area (Å²) in [6.07, 6.45) is -4.45. The molecule has 0 saturated heterocycles. The smallest absolute Gasteiger partial charge is 0.460 e. The lowest BCUT2D eigenvalue weighted by atomic mass is 9.85. The van der Waals surface area contributed by atoms with E-state index in [0.717, 1.165) is 0 Å². The largest absolute Gasteiger partial charge is 0.743 e. The highest BCUT2D eigenvalue weighted by molar-refractivity contribution is 14.0. The highest BCUT2D eigenvalue weighted by atomic mass is 127. The molecule has 412 valence electrons. The molecule has 0 amide bonds. The zero-order chi connectivity index (χ0) is 56.6. The average molecular weight is 1260 g/mol. The first-order valence-electron chi connectivity index (χ1n) is 14.9. The molecule has 0 unspecified atom stereocenters. The molecule has 0 aromatic heterocycles. The Bertz CT molecular complexity index is 2000. The molecular weight excluding hydrogens is 1250 g/mol. The monoisotopic (exact) mass is 1260 g/mol. The minimum Gasteiger partial charge on any atom is -0.743 e. The SMILES string of the molecule is CC(C)(C)C1=CC=CC=[C+]1.I.O=S(=O)(O)C(F)(F)C(F)(F)C(F)(F)C(F)(F)C(F)(F)C(F)(F)C(F)(F)C(F)(F)F.O=S(=O)([O-])C(F)(F)C(F)(F)C(F)(F)C(F)(F)C(F)(F)C(F)(F)C(F)(F)C(F)(F)F. The summed E-state index contributed by atoms with van der Waals surface area (Å²) in [7, 11) is -16.0. The normalized spacial score (nSPS) is 16.6. The molecule has 0 heterocycles. The minimum absolute atomic E-state index is 0. The van der Waals surface area contributed by atoms with Crippen molar-refractivity contribution in [2.75, 3.05) is 0 Å². The van der Waals surface area contributed by atoms with Crippen molar-refractivity contribution in [3.8, 4) is 0 Å². The van der Waals surface area contributed by atoms with Crippen molar-refractivity contribution in [2.45, 2.75) is 115 Å². The van der Waals surface area contributed by atoms with Crippen molar-refractivity contribution < 1.29 is 175 Å². The molecule has 0 fully saturated rings. The van der Waals surface area contributed by atoms with E-state index in [0.29, 0.717) is 0 Å². The van der Waals surface area contributed by atoms with Gasteiger partial charge in [-0.05, 0) is 0 Å². The second kappa shape index (κ2) is 19.0. The topological polar surface area (TPSA) is 112 Å². The predicted octanol–water partition coefficient (Wildman–Crippen LogP) is 12.8. The van der Waals surface area contributed by atoms with Crippen LogP contribution in [0, 0.1) is 11.5 Å². The Morgan fingerprint density at radius 3 is 0.768 bits per heavy atom. The third kappa shape index (κ3) is 10.8. The molecule has 0 saturated carbocycles. The highest BCUT2D eigenvalue weighted by Gasteiger charge is 2.98. The second-order valence-electron chi connectivity index (χ2n) is 13.4. The van der Waals surface area contributed by atoms with Crippen molar-refractivity contribution in [3.63, 3.8) is 0 Å². The molecule has 43 heteroatoms. The zero-order valence-corrected chi connectivity index (χ0v) is 35.3. The molecular formula is C26H15F34IO6S2. The fourth-order valence-corrected chi connectivity index (χ4v) is 4.37. The lowest BCUT2D eigenvalue weighted by Crippen LogP contribution is -2.75.